The van der Waals surface area contributed by atoms with Crippen molar-refractivity contribution in [3.8, 4) is 11.1 Å². The minimum atomic E-state index is -4.34. The highest BCUT2D eigenvalue weighted by atomic mass is 32.2. The summed E-state index contributed by atoms with van der Waals surface area (Å²) < 4.78 is 65.4. The van der Waals surface area contributed by atoms with Gasteiger partial charge in [-0.3, -0.25) is 9.11 Å². The Labute approximate surface area is 210 Å². The van der Waals surface area contributed by atoms with Crippen molar-refractivity contribution in [2.75, 3.05) is 0 Å². The number of hydrogen-bond acceptors (Lipinski definition) is 4. The predicted molar refractivity (Wildman–Crippen MR) is 142 cm³/mol. The molecule has 0 heterocycles. The van der Waals surface area contributed by atoms with Gasteiger partial charge in [-0.05, 0) is 57.6 Å². The standard InChI is InChI=1S/C28H22O6S2/c29-35(30,31)27-13-3-1-9-23(27)17-15-21-7-5-11-25(19-21)26-12-6-8-22(20-26)16-18-24-10-2-4-14-28(24)36(32,33)34/h1-20H,(H,29,30,31)(H,32,33,34). The van der Waals surface area contributed by atoms with Crippen molar-refractivity contribution in [2.45, 2.75) is 9.79 Å². The van der Waals surface area contributed by atoms with E-state index in [1.54, 1.807) is 60.7 Å². The molecular weight excluding hydrogens is 496 g/mol. The van der Waals surface area contributed by atoms with Gasteiger partial charge < -0.3 is 0 Å². The Morgan fingerprint density at radius 2 is 0.861 bits per heavy atom. The van der Waals surface area contributed by atoms with E-state index in [9.17, 15) is 25.9 Å². The van der Waals surface area contributed by atoms with Crippen LogP contribution in [0.15, 0.2) is 107 Å². The van der Waals surface area contributed by atoms with E-state index in [0.717, 1.165) is 22.3 Å². The monoisotopic (exact) mass is 518 g/mol. The van der Waals surface area contributed by atoms with Crippen LogP contribution in [-0.2, 0) is 20.2 Å². The van der Waals surface area contributed by atoms with Gasteiger partial charge in [0.05, 0.1) is 0 Å². The second kappa shape index (κ2) is 10.4. The van der Waals surface area contributed by atoms with Crippen LogP contribution in [0.5, 0.6) is 0 Å². The second-order valence-electron chi connectivity index (χ2n) is 7.94. The van der Waals surface area contributed by atoms with Crippen molar-refractivity contribution < 1.29 is 25.9 Å². The van der Waals surface area contributed by atoms with Crippen LogP contribution in [0.25, 0.3) is 35.4 Å². The van der Waals surface area contributed by atoms with Gasteiger partial charge in [-0.2, -0.15) is 16.8 Å². The number of hydrogen-bond donors (Lipinski definition) is 2. The maximum Gasteiger partial charge on any atom is 0.295 e. The quantitative estimate of drug-likeness (QED) is 0.223. The lowest BCUT2D eigenvalue weighted by Gasteiger charge is -2.06. The van der Waals surface area contributed by atoms with Crippen LogP contribution in [0.3, 0.4) is 0 Å². The summed E-state index contributed by atoms with van der Waals surface area (Å²) in [5, 5.41) is 0. The molecule has 0 saturated carbocycles. The Morgan fingerprint density at radius 3 is 1.25 bits per heavy atom. The van der Waals surface area contributed by atoms with Crippen molar-refractivity contribution in [2.24, 2.45) is 0 Å². The fraction of sp³-hybridized carbons (Fsp3) is 0. The predicted octanol–water partition coefficient (Wildman–Crippen LogP) is 6.19. The maximum absolute atomic E-state index is 11.6. The fourth-order valence-corrected chi connectivity index (χ4v) is 5.09. The molecule has 0 aliphatic rings. The van der Waals surface area contributed by atoms with Gasteiger partial charge in [0.15, 0.2) is 0 Å². The summed E-state index contributed by atoms with van der Waals surface area (Å²) in [6.45, 7) is 0. The Balaban J connectivity index is 1.61. The molecule has 36 heavy (non-hydrogen) atoms. The average Bonchev–Trinajstić information content (AvgIpc) is 2.86. The Kier molecular flexibility index (Phi) is 7.32. The van der Waals surface area contributed by atoms with Crippen LogP contribution in [0.1, 0.15) is 22.3 Å². The molecule has 0 aromatic heterocycles. The van der Waals surface area contributed by atoms with Crippen molar-refractivity contribution in [3.63, 3.8) is 0 Å². The molecule has 4 aromatic rings. The van der Waals surface area contributed by atoms with Gasteiger partial charge in [-0.1, -0.05) is 97.1 Å². The van der Waals surface area contributed by atoms with E-state index >= 15 is 0 Å². The van der Waals surface area contributed by atoms with Crippen LogP contribution < -0.4 is 0 Å². The molecule has 182 valence electrons. The molecule has 0 unspecified atom stereocenters. The fourth-order valence-electron chi connectivity index (χ4n) is 3.72. The van der Waals surface area contributed by atoms with Gasteiger partial charge >= 0.3 is 0 Å². The maximum atomic E-state index is 11.6. The average molecular weight is 519 g/mol. The van der Waals surface area contributed by atoms with Crippen LogP contribution in [0.4, 0.5) is 0 Å². The van der Waals surface area contributed by atoms with Crippen LogP contribution >= 0.6 is 0 Å². The molecule has 0 atom stereocenters. The summed E-state index contributed by atoms with van der Waals surface area (Å²) in [4.78, 5) is -0.320. The topological polar surface area (TPSA) is 109 Å². The second-order valence-corrected chi connectivity index (χ2v) is 10.7. The highest BCUT2D eigenvalue weighted by Gasteiger charge is 2.13. The zero-order chi connectivity index (χ0) is 25.8. The zero-order valence-corrected chi connectivity index (χ0v) is 20.5. The van der Waals surface area contributed by atoms with E-state index in [0.29, 0.717) is 11.1 Å². The van der Waals surface area contributed by atoms with Crippen molar-refractivity contribution in [1.82, 2.24) is 0 Å². The molecule has 0 bridgehead atoms. The SMILES string of the molecule is O=S(=O)(O)c1ccccc1C=Cc1cccc(-c2cccc(C=Cc3ccccc3S(=O)(=O)O)c2)c1. The van der Waals surface area contributed by atoms with E-state index < -0.39 is 20.2 Å². The summed E-state index contributed by atoms with van der Waals surface area (Å²) >= 11 is 0. The van der Waals surface area contributed by atoms with Gasteiger partial charge in [-0.25, -0.2) is 0 Å². The molecule has 0 radical (unpaired) electrons. The van der Waals surface area contributed by atoms with E-state index in [2.05, 4.69) is 0 Å². The minimum absolute atomic E-state index is 0.160. The first-order chi connectivity index (χ1) is 17.1. The van der Waals surface area contributed by atoms with Crippen LogP contribution in [0.2, 0.25) is 0 Å². The highest BCUT2D eigenvalue weighted by Crippen LogP contribution is 2.25. The first-order valence-electron chi connectivity index (χ1n) is 10.8. The molecule has 0 aliphatic carbocycles. The summed E-state index contributed by atoms with van der Waals surface area (Å²) in [7, 11) is -8.67. The normalized spacial score (nSPS) is 12.4. The van der Waals surface area contributed by atoms with Crippen molar-refractivity contribution in [1.29, 1.82) is 0 Å². The molecular formula is C28H22O6S2. The lowest BCUT2D eigenvalue weighted by Crippen LogP contribution is -2.00. The van der Waals surface area contributed by atoms with Gasteiger partial charge in [0.2, 0.25) is 0 Å². The van der Waals surface area contributed by atoms with Crippen LogP contribution in [0, 0.1) is 0 Å². The summed E-state index contributed by atoms with van der Waals surface area (Å²) in [5.41, 5.74) is 4.27. The molecule has 8 heteroatoms. The van der Waals surface area contributed by atoms with Gasteiger partial charge in [0.1, 0.15) is 9.79 Å². The summed E-state index contributed by atoms with van der Waals surface area (Å²) in [6.07, 6.45) is 6.80. The zero-order valence-electron chi connectivity index (χ0n) is 18.9. The van der Waals surface area contributed by atoms with Crippen LogP contribution in [-0.4, -0.2) is 25.9 Å². The first kappa shape index (κ1) is 25.3. The summed E-state index contributed by atoms with van der Waals surface area (Å²) in [6, 6.07) is 27.7. The third-order valence-electron chi connectivity index (χ3n) is 5.41. The molecule has 0 saturated heterocycles. The Hall–Kier alpha value is -3.82. The molecule has 2 N–H and O–H groups in total. The highest BCUT2D eigenvalue weighted by molar-refractivity contribution is 7.86. The van der Waals surface area contributed by atoms with E-state index in [1.807, 2.05) is 48.5 Å². The van der Waals surface area contributed by atoms with Gasteiger partial charge in [0.25, 0.3) is 20.2 Å². The Bertz CT molecular complexity index is 1560. The third-order valence-corrected chi connectivity index (χ3v) is 7.27. The lowest BCUT2D eigenvalue weighted by atomic mass is 10.00. The minimum Gasteiger partial charge on any atom is -0.282 e. The first-order valence-corrected chi connectivity index (χ1v) is 13.7. The van der Waals surface area contributed by atoms with Gasteiger partial charge in [0, 0.05) is 0 Å². The molecule has 4 aromatic carbocycles. The molecule has 0 fully saturated rings. The Morgan fingerprint density at radius 1 is 0.472 bits per heavy atom. The number of rotatable bonds is 7. The molecule has 4 rings (SSSR count). The van der Waals surface area contributed by atoms with Crippen molar-refractivity contribution >= 4 is 44.5 Å². The van der Waals surface area contributed by atoms with Gasteiger partial charge in [-0.15, -0.1) is 0 Å². The molecule has 0 spiro atoms. The van der Waals surface area contributed by atoms with Crippen molar-refractivity contribution in [3.05, 3.63) is 119 Å². The van der Waals surface area contributed by atoms with E-state index in [-0.39, 0.29) is 9.79 Å². The largest absolute Gasteiger partial charge is 0.295 e. The third kappa shape index (κ3) is 6.24. The molecule has 6 nitrogen and oxygen atoms in total. The lowest BCUT2D eigenvalue weighted by molar-refractivity contribution is 0.480. The number of benzene rings is 4. The molecule has 0 aliphatic heterocycles. The van der Waals surface area contributed by atoms with E-state index in [4.69, 9.17) is 0 Å². The smallest absolute Gasteiger partial charge is 0.282 e. The summed E-state index contributed by atoms with van der Waals surface area (Å²) in [5.74, 6) is 0. The van der Waals surface area contributed by atoms with E-state index in [1.165, 1.54) is 12.1 Å². The molecule has 0 amide bonds.